The van der Waals surface area contributed by atoms with Crippen molar-refractivity contribution >= 4 is 0 Å². The van der Waals surface area contributed by atoms with Crippen LogP contribution in [-0.4, -0.2) is 30.1 Å². The van der Waals surface area contributed by atoms with Crippen LogP contribution in [0.2, 0.25) is 0 Å². The van der Waals surface area contributed by atoms with Gasteiger partial charge in [0, 0.05) is 13.1 Å². The number of hydrogen-bond donors (Lipinski definition) is 1. The molecule has 1 heterocycles. The van der Waals surface area contributed by atoms with Gasteiger partial charge in [0.2, 0.25) is 0 Å². The van der Waals surface area contributed by atoms with Gasteiger partial charge in [0.05, 0.1) is 6.07 Å². The Morgan fingerprint density at radius 2 is 2.00 bits per heavy atom. The average Bonchev–Trinajstić information content (AvgIpc) is 3.21. The third-order valence-electron chi connectivity index (χ3n) is 4.54. The van der Waals surface area contributed by atoms with E-state index in [4.69, 9.17) is 5.73 Å². The first-order valence-electron chi connectivity index (χ1n) is 7.19. The Balaban J connectivity index is 1.62. The molecule has 2 fully saturated rings. The lowest BCUT2D eigenvalue weighted by molar-refractivity contribution is 0.262. The van der Waals surface area contributed by atoms with Gasteiger partial charge in [-0.05, 0) is 43.2 Å². The third-order valence-corrected chi connectivity index (χ3v) is 4.54. The molecule has 3 heteroatoms. The van der Waals surface area contributed by atoms with Crippen molar-refractivity contribution in [3.05, 3.63) is 35.9 Å². The second-order valence-corrected chi connectivity index (χ2v) is 6.06. The van der Waals surface area contributed by atoms with Crippen molar-refractivity contribution in [1.29, 1.82) is 5.26 Å². The van der Waals surface area contributed by atoms with Crippen LogP contribution in [0.25, 0.3) is 0 Å². The fourth-order valence-corrected chi connectivity index (χ4v) is 3.20. The number of nitrogens with zero attached hydrogens (tertiary/aromatic N) is 2. The summed E-state index contributed by atoms with van der Waals surface area (Å²) in [5.41, 5.74) is 7.06. The molecule has 1 aromatic rings. The minimum absolute atomic E-state index is 0.424. The highest BCUT2D eigenvalue weighted by Gasteiger charge is 2.44. The summed E-state index contributed by atoms with van der Waals surface area (Å²) < 4.78 is 0. The van der Waals surface area contributed by atoms with Crippen molar-refractivity contribution in [2.75, 3.05) is 19.6 Å². The monoisotopic (exact) mass is 255 g/mol. The van der Waals surface area contributed by atoms with Crippen molar-refractivity contribution in [2.24, 2.45) is 11.7 Å². The van der Waals surface area contributed by atoms with Crippen LogP contribution >= 0.6 is 0 Å². The Labute approximate surface area is 115 Å². The first-order valence-corrected chi connectivity index (χ1v) is 7.19. The minimum atomic E-state index is -0.619. The number of nitrogens with two attached hydrogens (primary N) is 1. The van der Waals surface area contributed by atoms with E-state index in [2.05, 4.69) is 41.3 Å². The summed E-state index contributed by atoms with van der Waals surface area (Å²) in [6.45, 7) is 2.84. The predicted molar refractivity (Wildman–Crippen MR) is 75.5 cm³/mol. The van der Waals surface area contributed by atoms with Gasteiger partial charge < -0.3 is 5.73 Å². The molecule has 100 valence electrons. The van der Waals surface area contributed by atoms with E-state index in [1.54, 1.807) is 0 Å². The summed E-state index contributed by atoms with van der Waals surface area (Å²) in [7, 11) is 0. The van der Waals surface area contributed by atoms with Gasteiger partial charge in [0.1, 0.15) is 5.54 Å². The van der Waals surface area contributed by atoms with E-state index >= 15 is 0 Å². The van der Waals surface area contributed by atoms with Gasteiger partial charge in [0.25, 0.3) is 0 Å². The van der Waals surface area contributed by atoms with Crippen LogP contribution < -0.4 is 5.73 Å². The molecule has 0 amide bonds. The fourth-order valence-electron chi connectivity index (χ4n) is 3.20. The fraction of sp³-hybridized carbons (Fsp3) is 0.562. The molecule has 0 bridgehead atoms. The van der Waals surface area contributed by atoms with Crippen LogP contribution in [0.5, 0.6) is 0 Å². The molecule has 19 heavy (non-hydrogen) atoms. The molecule has 2 atom stereocenters. The largest absolute Gasteiger partial charge is 0.312 e. The van der Waals surface area contributed by atoms with Gasteiger partial charge in [-0.15, -0.1) is 0 Å². The first-order chi connectivity index (χ1) is 9.21. The molecule has 3 rings (SSSR count). The standard InChI is InChI=1S/C16H21N3/c17-11-16(18,15-6-7-15)12-19-9-8-14(10-19)13-4-2-1-3-5-13/h1-5,14-15H,6-10,12,18H2. The summed E-state index contributed by atoms with van der Waals surface area (Å²) in [5.74, 6) is 1.02. The van der Waals surface area contributed by atoms with Crippen LogP contribution in [0.4, 0.5) is 0 Å². The second-order valence-electron chi connectivity index (χ2n) is 6.06. The van der Waals surface area contributed by atoms with Crippen LogP contribution in [-0.2, 0) is 0 Å². The molecule has 2 unspecified atom stereocenters. The molecule has 1 saturated carbocycles. The maximum atomic E-state index is 9.34. The Bertz CT molecular complexity index is 475. The van der Waals surface area contributed by atoms with E-state index in [0.717, 1.165) is 32.5 Å². The van der Waals surface area contributed by atoms with Crippen molar-refractivity contribution in [3.63, 3.8) is 0 Å². The number of nitriles is 1. The Hall–Kier alpha value is -1.37. The van der Waals surface area contributed by atoms with Crippen LogP contribution in [0.3, 0.4) is 0 Å². The molecule has 1 aliphatic carbocycles. The van der Waals surface area contributed by atoms with Crippen LogP contribution in [0.1, 0.15) is 30.7 Å². The zero-order valence-electron chi connectivity index (χ0n) is 11.3. The van der Waals surface area contributed by atoms with Gasteiger partial charge in [-0.25, -0.2) is 0 Å². The Morgan fingerprint density at radius 1 is 1.26 bits per heavy atom. The second kappa shape index (κ2) is 4.96. The number of rotatable bonds is 4. The quantitative estimate of drug-likeness (QED) is 0.896. The first kappa shape index (κ1) is 12.7. The van der Waals surface area contributed by atoms with E-state index in [0.29, 0.717) is 11.8 Å². The van der Waals surface area contributed by atoms with Crippen molar-refractivity contribution < 1.29 is 0 Å². The van der Waals surface area contributed by atoms with E-state index in [9.17, 15) is 5.26 Å². The SMILES string of the molecule is N#CC(N)(CN1CCC(c2ccccc2)C1)C1CC1. The highest BCUT2D eigenvalue weighted by atomic mass is 15.2. The molecular weight excluding hydrogens is 234 g/mol. The summed E-state index contributed by atoms with van der Waals surface area (Å²) in [6.07, 6.45) is 3.43. The van der Waals surface area contributed by atoms with Crippen molar-refractivity contribution in [2.45, 2.75) is 30.7 Å². The van der Waals surface area contributed by atoms with E-state index in [1.165, 1.54) is 12.0 Å². The van der Waals surface area contributed by atoms with Gasteiger partial charge in [-0.2, -0.15) is 5.26 Å². The predicted octanol–water partition coefficient (Wildman–Crippen LogP) is 2.11. The molecule has 3 nitrogen and oxygen atoms in total. The summed E-state index contributed by atoms with van der Waals surface area (Å²) in [5, 5.41) is 9.34. The average molecular weight is 255 g/mol. The number of hydrogen-bond acceptors (Lipinski definition) is 3. The minimum Gasteiger partial charge on any atom is -0.312 e. The maximum Gasteiger partial charge on any atom is 0.119 e. The topological polar surface area (TPSA) is 53.1 Å². The lowest BCUT2D eigenvalue weighted by atomic mass is 9.95. The highest BCUT2D eigenvalue weighted by molar-refractivity contribution is 5.22. The molecule has 0 aromatic heterocycles. The molecule has 1 aromatic carbocycles. The van der Waals surface area contributed by atoms with Crippen molar-refractivity contribution in [1.82, 2.24) is 4.90 Å². The van der Waals surface area contributed by atoms with Gasteiger partial charge >= 0.3 is 0 Å². The lowest BCUT2D eigenvalue weighted by Crippen LogP contribution is -2.50. The molecule has 0 radical (unpaired) electrons. The summed E-state index contributed by atoms with van der Waals surface area (Å²) in [6, 6.07) is 13.0. The normalized spacial score (nSPS) is 26.8. The molecular formula is C16H21N3. The molecule has 1 aliphatic heterocycles. The van der Waals surface area contributed by atoms with Gasteiger partial charge in [-0.3, -0.25) is 4.90 Å². The van der Waals surface area contributed by atoms with E-state index in [1.807, 2.05) is 0 Å². The summed E-state index contributed by atoms with van der Waals surface area (Å²) in [4.78, 5) is 2.37. The van der Waals surface area contributed by atoms with Gasteiger partial charge in [-0.1, -0.05) is 30.3 Å². The van der Waals surface area contributed by atoms with Gasteiger partial charge in [0.15, 0.2) is 0 Å². The number of likely N-dealkylation sites (tertiary alicyclic amines) is 1. The molecule has 2 aliphatic rings. The Kier molecular flexibility index (Phi) is 3.30. The lowest BCUT2D eigenvalue weighted by Gasteiger charge is -2.27. The van der Waals surface area contributed by atoms with Crippen LogP contribution in [0.15, 0.2) is 30.3 Å². The zero-order valence-corrected chi connectivity index (χ0v) is 11.3. The van der Waals surface area contributed by atoms with E-state index in [-0.39, 0.29) is 0 Å². The van der Waals surface area contributed by atoms with Crippen molar-refractivity contribution in [3.8, 4) is 6.07 Å². The maximum absolute atomic E-state index is 9.34. The highest BCUT2D eigenvalue weighted by Crippen LogP contribution is 2.39. The molecule has 2 N–H and O–H groups in total. The Morgan fingerprint density at radius 3 is 2.63 bits per heavy atom. The molecule has 0 spiro atoms. The van der Waals surface area contributed by atoms with E-state index < -0.39 is 5.54 Å². The zero-order chi connectivity index (χ0) is 13.3. The number of benzene rings is 1. The summed E-state index contributed by atoms with van der Waals surface area (Å²) >= 11 is 0. The molecule has 1 saturated heterocycles. The van der Waals surface area contributed by atoms with Crippen LogP contribution in [0, 0.1) is 17.2 Å². The third kappa shape index (κ3) is 2.65. The smallest absolute Gasteiger partial charge is 0.119 e.